The van der Waals surface area contributed by atoms with Gasteiger partial charge in [-0.1, -0.05) is 6.07 Å². The molecule has 9 nitrogen and oxygen atoms in total. The molecule has 3 rings (SSSR count). The lowest BCUT2D eigenvalue weighted by molar-refractivity contribution is -0.141. The number of pyridine rings is 1. The van der Waals surface area contributed by atoms with Crippen molar-refractivity contribution in [1.82, 2.24) is 9.88 Å². The van der Waals surface area contributed by atoms with Crippen molar-refractivity contribution < 1.29 is 19.5 Å². The van der Waals surface area contributed by atoms with E-state index >= 15 is 0 Å². The van der Waals surface area contributed by atoms with E-state index in [1.165, 1.54) is 4.90 Å². The van der Waals surface area contributed by atoms with E-state index in [2.05, 4.69) is 15.6 Å². The first kappa shape index (κ1) is 18.2. The number of carboxylic acids is 1. The number of aromatic nitrogens is 1. The van der Waals surface area contributed by atoms with Gasteiger partial charge in [0.15, 0.2) is 0 Å². The van der Waals surface area contributed by atoms with Crippen LogP contribution < -0.4 is 16.4 Å². The molecule has 0 spiro atoms. The topological polar surface area (TPSA) is 138 Å². The van der Waals surface area contributed by atoms with Gasteiger partial charge in [0, 0.05) is 24.8 Å². The van der Waals surface area contributed by atoms with Crippen molar-refractivity contribution in [2.45, 2.75) is 19.0 Å². The number of anilines is 3. The highest BCUT2D eigenvalue weighted by molar-refractivity contribution is 6.04. The van der Waals surface area contributed by atoms with Crippen LogP contribution in [0.2, 0.25) is 0 Å². The van der Waals surface area contributed by atoms with Crippen molar-refractivity contribution in [2.24, 2.45) is 0 Å². The number of nitrogens with zero attached hydrogens (tertiary/aromatic N) is 2. The quantitative estimate of drug-likeness (QED) is 0.634. The maximum absolute atomic E-state index is 12.5. The van der Waals surface area contributed by atoms with Crippen LogP contribution in [0, 0.1) is 0 Å². The first-order valence-electron chi connectivity index (χ1n) is 8.23. The van der Waals surface area contributed by atoms with Crippen LogP contribution >= 0.6 is 0 Å². The second-order valence-electron chi connectivity index (χ2n) is 6.26. The molecular weight excluding hydrogens is 350 g/mol. The van der Waals surface area contributed by atoms with E-state index in [-0.39, 0.29) is 24.8 Å². The lowest BCUT2D eigenvalue weighted by atomic mass is 10.1. The lowest BCUT2D eigenvalue weighted by Crippen LogP contribution is -2.39. The molecule has 1 aliphatic heterocycles. The van der Waals surface area contributed by atoms with Crippen LogP contribution in [0.5, 0.6) is 0 Å². The van der Waals surface area contributed by atoms with Crippen molar-refractivity contribution in [3.63, 3.8) is 0 Å². The minimum Gasteiger partial charge on any atom is -0.481 e. The predicted octanol–water partition coefficient (Wildman–Crippen LogP) is 1.14. The SMILES string of the molecule is CN1Cc2cc(C(=O)Nc3cccc(N)n3)ccc2NC(CC(=O)O)C1=O. The van der Waals surface area contributed by atoms with Gasteiger partial charge in [0.1, 0.15) is 17.7 Å². The van der Waals surface area contributed by atoms with Crippen molar-refractivity contribution in [1.29, 1.82) is 0 Å². The second-order valence-corrected chi connectivity index (χ2v) is 6.26. The maximum atomic E-state index is 12.5. The molecule has 2 heterocycles. The van der Waals surface area contributed by atoms with Gasteiger partial charge in [0.05, 0.1) is 6.42 Å². The van der Waals surface area contributed by atoms with E-state index in [0.717, 1.165) is 0 Å². The zero-order valence-electron chi connectivity index (χ0n) is 14.6. The molecule has 0 fully saturated rings. The van der Waals surface area contributed by atoms with E-state index in [1.807, 2.05) is 0 Å². The largest absolute Gasteiger partial charge is 0.481 e. The van der Waals surface area contributed by atoms with Crippen LogP contribution in [-0.4, -0.2) is 45.9 Å². The first-order chi connectivity index (χ1) is 12.8. The molecule has 140 valence electrons. The lowest BCUT2D eigenvalue weighted by Gasteiger charge is -2.19. The molecule has 5 N–H and O–H groups in total. The number of carbonyl (C=O) groups is 3. The van der Waals surface area contributed by atoms with Crippen LogP contribution in [0.15, 0.2) is 36.4 Å². The highest BCUT2D eigenvalue weighted by Gasteiger charge is 2.29. The number of nitrogen functional groups attached to an aromatic ring is 1. The van der Waals surface area contributed by atoms with Crippen LogP contribution in [-0.2, 0) is 16.1 Å². The summed E-state index contributed by atoms with van der Waals surface area (Å²) in [6.45, 7) is 0.259. The fourth-order valence-electron chi connectivity index (χ4n) is 2.88. The number of rotatable bonds is 4. The van der Waals surface area contributed by atoms with E-state index in [1.54, 1.807) is 43.4 Å². The number of fused-ring (bicyclic) bond motifs is 1. The number of hydrogen-bond donors (Lipinski definition) is 4. The third kappa shape index (κ3) is 4.14. The Morgan fingerprint density at radius 3 is 2.85 bits per heavy atom. The molecule has 1 aliphatic rings. The molecular formula is C18H19N5O4. The summed E-state index contributed by atoms with van der Waals surface area (Å²) in [6.07, 6.45) is -0.327. The maximum Gasteiger partial charge on any atom is 0.305 e. The number of aliphatic carboxylic acids is 1. The van der Waals surface area contributed by atoms with E-state index in [4.69, 9.17) is 10.8 Å². The molecule has 2 aromatic rings. The van der Waals surface area contributed by atoms with Crippen LogP contribution in [0.1, 0.15) is 22.3 Å². The van der Waals surface area contributed by atoms with Crippen molar-refractivity contribution in [3.8, 4) is 0 Å². The van der Waals surface area contributed by atoms with Gasteiger partial charge >= 0.3 is 5.97 Å². The number of amides is 2. The minimum absolute atomic E-state index is 0.259. The number of benzene rings is 1. The number of carbonyl (C=O) groups excluding carboxylic acids is 2. The van der Waals surface area contributed by atoms with Crippen molar-refractivity contribution in [2.75, 3.05) is 23.4 Å². The summed E-state index contributed by atoms with van der Waals surface area (Å²) in [6, 6.07) is 9.00. The predicted molar refractivity (Wildman–Crippen MR) is 99.2 cm³/mol. The molecule has 1 unspecified atom stereocenters. The van der Waals surface area contributed by atoms with Crippen molar-refractivity contribution in [3.05, 3.63) is 47.5 Å². The molecule has 0 radical (unpaired) electrons. The third-order valence-corrected chi connectivity index (χ3v) is 4.17. The molecule has 1 atom stereocenters. The molecule has 9 heteroatoms. The van der Waals surface area contributed by atoms with Crippen LogP contribution in [0.25, 0.3) is 0 Å². The fraction of sp³-hybridized carbons (Fsp3) is 0.222. The molecule has 0 saturated heterocycles. The smallest absolute Gasteiger partial charge is 0.305 e. The van der Waals surface area contributed by atoms with E-state index in [0.29, 0.717) is 28.5 Å². The molecule has 0 bridgehead atoms. The normalized spacial score (nSPS) is 16.1. The summed E-state index contributed by atoms with van der Waals surface area (Å²) in [7, 11) is 1.59. The number of carboxylic acid groups (broad SMARTS) is 1. The third-order valence-electron chi connectivity index (χ3n) is 4.17. The molecule has 1 aromatic heterocycles. The summed E-state index contributed by atoms with van der Waals surface area (Å²) < 4.78 is 0. The Hall–Kier alpha value is -3.62. The van der Waals surface area contributed by atoms with Crippen LogP contribution in [0.4, 0.5) is 17.3 Å². The number of likely N-dealkylation sites (N-methyl/N-ethyl adjacent to an activating group) is 1. The van der Waals surface area contributed by atoms with Gasteiger partial charge in [-0.3, -0.25) is 14.4 Å². The highest BCUT2D eigenvalue weighted by Crippen LogP contribution is 2.25. The molecule has 1 aromatic carbocycles. The van der Waals surface area contributed by atoms with Crippen LogP contribution in [0.3, 0.4) is 0 Å². The zero-order chi connectivity index (χ0) is 19.6. The monoisotopic (exact) mass is 369 g/mol. The van der Waals surface area contributed by atoms with E-state index < -0.39 is 12.0 Å². The molecule has 2 amide bonds. The number of nitrogens with one attached hydrogen (secondary N) is 2. The average molecular weight is 369 g/mol. The Balaban J connectivity index is 1.84. The van der Waals surface area contributed by atoms with Gasteiger partial charge in [0.2, 0.25) is 5.91 Å². The number of nitrogens with two attached hydrogens (primary N) is 1. The zero-order valence-corrected chi connectivity index (χ0v) is 14.6. The number of hydrogen-bond acceptors (Lipinski definition) is 6. The van der Waals surface area contributed by atoms with Gasteiger partial charge < -0.3 is 26.4 Å². The Kier molecular flexibility index (Phi) is 4.93. The van der Waals surface area contributed by atoms with Gasteiger partial charge in [-0.05, 0) is 35.9 Å². The van der Waals surface area contributed by atoms with Gasteiger partial charge in [-0.25, -0.2) is 4.98 Å². The summed E-state index contributed by atoms with van der Waals surface area (Å²) in [5.41, 5.74) is 7.33. The van der Waals surface area contributed by atoms with Crippen molar-refractivity contribution >= 4 is 35.1 Å². The minimum atomic E-state index is -1.07. The summed E-state index contributed by atoms with van der Waals surface area (Å²) in [5, 5.41) is 14.6. The standard InChI is InChI=1S/C18H19N5O4/c1-23-9-11-7-10(17(26)22-15-4-2-3-14(19)21-15)5-6-12(11)20-13(18(23)27)8-16(24)25/h2-7,13,20H,8-9H2,1H3,(H,24,25)(H3,19,21,22,26). The van der Waals surface area contributed by atoms with Gasteiger partial charge in [-0.2, -0.15) is 0 Å². The Labute approximate surface area is 155 Å². The molecule has 0 aliphatic carbocycles. The summed E-state index contributed by atoms with van der Waals surface area (Å²) >= 11 is 0. The Bertz CT molecular complexity index is 914. The fourth-order valence-corrected chi connectivity index (χ4v) is 2.88. The average Bonchev–Trinajstić information content (AvgIpc) is 2.71. The van der Waals surface area contributed by atoms with E-state index in [9.17, 15) is 14.4 Å². The molecule has 27 heavy (non-hydrogen) atoms. The van der Waals surface area contributed by atoms with Gasteiger partial charge in [-0.15, -0.1) is 0 Å². The second kappa shape index (κ2) is 7.32. The highest BCUT2D eigenvalue weighted by atomic mass is 16.4. The Morgan fingerprint density at radius 2 is 2.15 bits per heavy atom. The Morgan fingerprint density at radius 1 is 1.37 bits per heavy atom. The summed E-state index contributed by atoms with van der Waals surface area (Å²) in [5.74, 6) is -1.12. The molecule has 0 saturated carbocycles. The first-order valence-corrected chi connectivity index (χ1v) is 8.23. The summed E-state index contributed by atoms with van der Waals surface area (Å²) in [4.78, 5) is 41.3. The van der Waals surface area contributed by atoms with Gasteiger partial charge in [0.25, 0.3) is 5.91 Å².